The summed E-state index contributed by atoms with van der Waals surface area (Å²) in [7, 11) is 0. The molecule has 0 aromatic carbocycles. The highest BCUT2D eigenvalue weighted by molar-refractivity contribution is 4.78. The fourth-order valence-electron chi connectivity index (χ4n) is 2.91. The van der Waals surface area contributed by atoms with Crippen molar-refractivity contribution in [3.8, 4) is 0 Å². The van der Waals surface area contributed by atoms with Gasteiger partial charge in [0, 0.05) is 19.2 Å². The smallest absolute Gasteiger partial charge is 0.0699 e. The first-order chi connectivity index (χ1) is 7.36. The highest BCUT2D eigenvalue weighted by Crippen LogP contribution is 2.27. The monoisotopic (exact) mass is 211 g/mol. The van der Waals surface area contributed by atoms with Crippen LogP contribution in [0.2, 0.25) is 0 Å². The van der Waals surface area contributed by atoms with E-state index < -0.39 is 0 Å². The summed E-state index contributed by atoms with van der Waals surface area (Å²) in [5.74, 6) is 0.925. The van der Waals surface area contributed by atoms with Crippen LogP contribution < -0.4 is 5.32 Å². The van der Waals surface area contributed by atoms with E-state index in [9.17, 15) is 0 Å². The Kier molecular flexibility index (Phi) is 4.45. The molecule has 1 saturated carbocycles. The predicted molar refractivity (Wildman–Crippen MR) is 63.0 cm³/mol. The third kappa shape index (κ3) is 3.46. The molecule has 1 heterocycles. The van der Waals surface area contributed by atoms with Crippen LogP contribution in [0, 0.1) is 5.92 Å². The largest absolute Gasteiger partial charge is 0.377 e. The number of hydrogen-bond donors (Lipinski definition) is 1. The molecule has 1 aliphatic carbocycles. The van der Waals surface area contributed by atoms with E-state index >= 15 is 0 Å². The summed E-state index contributed by atoms with van der Waals surface area (Å²) in [6.45, 7) is 4.39. The quantitative estimate of drug-likeness (QED) is 0.772. The minimum atomic E-state index is 0.489. The van der Waals surface area contributed by atoms with Gasteiger partial charge in [-0.15, -0.1) is 0 Å². The van der Waals surface area contributed by atoms with Crippen LogP contribution in [-0.4, -0.2) is 25.3 Å². The lowest BCUT2D eigenvalue weighted by molar-refractivity contribution is 0.0146. The second kappa shape index (κ2) is 5.86. The van der Waals surface area contributed by atoms with Crippen molar-refractivity contribution in [1.29, 1.82) is 0 Å². The average Bonchev–Trinajstić information content (AvgIpc) is 2.81. The summed E-state index contributed by atoms with van der Waals surface area (Å²) in [6, 6.07) is 0.693. The van der Waals surface area contributed by atoms with E-state index in [-0.39, 0.29) is 0 Å². The summed E-state index contributed by atoms with van der Waals surface area (Å²) in [4.78, 5) is 0. The van der Waals surface area contributed by atoms with Crippen molar-refractivity contribution in [3.63, 3.8) is 0 Å². The van der Waals surface area contributed by atoms with E-state index in [0.29, 0.717) is 12.1 Å². The van der Waals surface area contributed by atoms with E-state index in [4.69, 9.17) is 4.74 Å². The molecule has 0 aromatic heterocycles. The highest BCUT2D eigenvalue weighted by Gasteiger charge is 2.22. The lowest BCUT2D eigenvalue weighted by atomic mass is 9.99. The normalized spacial score (nSPS) is 30.6. The standard InChI is InChI=1S/C13H25NO/c1-11(12-6-2-3-7-12)14-10-13-8-4-5-9-15-13/h11-14H,2-10H2,1H3/t11-,13?/m1/s1. The fraction of sp³-hybridized carbons (Fsp3) is 1.00. The van der Waals surface area contributed by atoms with Crippen LogP contribution in [0.1, 0.15) is 51.9 Å². The van der Waals surface area contributed by atoms with Gasteiger partial charge in [-0.05, 0) is 44.9 Å². The van der Waals surface area contributed by atoms with Crippen molar-refractivity contribution in [1.82, 2.24) is 5.32 Å². The van der Waals surface area contributed by atoms with Crippen molar-refractivity contribution in [2.45, 2.75) is 64.0 Å². The molecule has 1 N–H and O–H groups in total. The minimum absolute atomic E-state index is 0.489. The second-order valence-corrected chi connectivity index (χ2v) is 5.23. The van der Waals surface area contributed by atoms with E-state index in [1.165, 1.54) is 44.9 Å². The molecule has 1 unspecified atom stereocenters. The molecule has 88 valence electrons. The first kappa shape index (κ1) is 11.4. The first-order valence-corrected chi connectivity index (χ1v) is 6.71. The molecule has 2 rings (SSSR count). The Labute approximate surface area is 93.8 Å². The van der Waals surface area contributed by atoms with Gasteiger partial charge in [-0.1, -0.05) is 12.8 Å². The molecule has 2 heteroatoms. The molecule has 0 aromatic rings. The van der Waals surface area contributed by atoms with Crippen molar-refractivity contribution < 1.29 is 4.74 Å². The molecule has 0 bridgehead atoms. The first-order valence-electron chi connectivity index (χ1n) is 6.71. The van der Waals surface area contributed by atoms with E-state index in [2.05, 4.69) is 12.2 Å². The summed E-state index contributed by atoms with van der Waals surface area (Å²) >= 11 is 0. The topological polar surface area (TPSA) is 21.3 Å². The maximum Gasteiger partial charge on any atom is 0.0699 e. The van der Waals surface area contributed by atoms with Crippen LogP contribution in [0.3, 0.4) is 0 Å². The molecule has 1 aliphatic heterocycles. The zero-order valence-corrected chi connectivity index (χ0v) is 10.0. The molecular formula is C13H25NO. The Morgan fingerprint density at radius 1 is 1.13 bits per heavy atom. The SMILES string of the molecule is C[C@@H](NCC1CCCCO1)C1CCCC1. The molecule has 2 atom stereocenters. The minimum Gasteiger partial charge on any atom is -0.377 e. The van der Waals surface area contributed by atoms with Crippen LogP contribution >= 0.6 is 0 Å². The van der Waals surface area contributed by atoms with Gasteiger partial charge >= 0.3 is 0 Å². The Hall–Kier alpha value is -0.0800. The Morgan fingerprint density at radius 2 is 1.87 bits per heavy atom. The van der Waals surface area contributed by atoms with Crippen molar-refractivity contribution in [3.05, 3.63) is 0 Å². The third-order valence-electron chi connectivity index (χ3n) is 4.05. The number of rotatable bonds is 4. The van der Waals surface area contributed by atoms with Gasteiger partial charge in [0.15, 0.2) is 0 Å². The third-order valence-corrected chi connectivity index (χ3v) is 4.05. The van der Waals surface area contributed by atoms with Crippen LogP contribution in [-0.2, 0) is 4.74 Å². The summed E-state index contributed by atoms with van der Waals surface area (Å²) in [5.41, 5.74) is 0. The maximum atomic E-state index is 5.73. The molecule has 2 fully saturated rings. The number of nitrogens with one attached hydrogen (secondary N) is 1. The Balaban J connectivity index is 1.63. The molecule has 1 saturated heterocycles. The van der Waals surface area contributed by atoms with Gasteiger partial charge in [-0.25, -0.2) is 0 Å². The molecule has 2 aliphatic rings. The molecule has 0 spiro atoms. The van der Waals surface area contributed by atoms with Gasteiger partial charge in [0.05, 0.1) is 6.10 Å². The van der Waals surface area contributed by atoms with Gasteiger partial charge in [0.25, 0.3) is 0 Å². The van der Waals surface area contributed by atoms with Gasteiger partial charge < -0.3 is 10.1 Å². The van der Waals surface area contributed by atoms with Gasteiger partial charge in [-0.3, -0.25) is 0 Å². The second-order valence-electron chi connectivity index (χ2n) is 5.23. The van der Waals surface area contributed by atoms with Crippen molar-refractivity contribution in [2.75, 3.05) is 13.2 Å². The van der Waals surface area contributed by atoms with Crippen LogP contribution in [0.15, 0.2) is 0 Å². The van der Waals surface area contributed by atoms with Crippen molar-refractivity contribution in [2.24, 2.45) is 5.92 Å². The van der Waals surface area contributed by atoms with Gasteiger partial charge in [-0.2, -0.15) is 0 Å². The molecule has 0 radical (unpaired) electrons. The number of ether oxygens (including phenoxy) is 1. The van der Waals surface area contributed by atoms with E-state index in [1.54, 1.807) is 0 Å². The zero-order valence-electron chi connectivity index (χ0n) is 10.0. The van der Waals surface area contributed by atoms with Crippen molar-refractivity contribution >= 4 is 0 Å². The van der Waals surface area contributed by atoms with Gasteiger partial charge in [0.2, 0.25) is 0 Å². The Morgan fingerprint density at radius 3 is 2.53 bits per heavy atom. The summed E-state index contributed by atoms with van der Waals surface area (Å²) in [5, 5.41) is 3.67. The van der Waals surface area contributed by atoms with Crippen LogP contribution in [0.25, 0.3) is 0 Å². The molecule has 2 nitrogen and oxygen atoms in total. The van der Waals surface area contributed by atoms with Gasteiger partial charge in [0.1, 0.15) is 0 Å². The molecular weight excluding hydrogens is 186 g/mol. The summed E-state index contributed by atoms with van der Waals surface area (Å²) < 4.78 is 5.73. The van der Waals surface area contributed by atoms with Crippen LogP contribution in [0.5, 0.6) is 0 Å². The number of hydrogen-bond acceptors (Lipinski definition) is 2. The fourth-order valence-corrected chi connectivity index (χ4v) is 2.91. The Bertz CT molecular complexity index is 171. The zero-order chi connectivity index (χ0) is 10.5. The predicted octanol–water partition coefficient (Wildman–Crippen LogP) is 2.72. The lowest BCUT2D eigenvalue weighted by Crippen LogP contribution is -2.39. The summed E-state index contributed by atoms with van der Waals surface area (Å²) in [6.07, 6.45) is 10.1. The van der Waals surface area contributed by atoms with E-state index in [0.717, 1.165) is 19.1 Å². The highest BCUT2D eigenvalue weighted by atomic mass is 16.5. The lowest BCUT2D eigenvalue weighted by Gasteiger charge is -2.26. The molecule has 15 heavy (non-hydrogen) atoms. The van der Waals surface area contributed by atoms with Crippen LogP contribution in [0.4, 0.5) is 0 Å². The maximum absolute atomic E-state index is 5.73. The molecule has 0 amide bonds. The van der Waals surface area contributed by atoms with E-state index in [1.807, 2.05) is 0 Å². The average molecular weight is 211 g/mol.